The lowest BCUT2D eigenvalue weighted by molar-refractivity contribution is -0.180. The first-order chi connectivity index (χ1) is 8.91. The van der Waals surface area contributed by atoms with Crippen LogP contribution in [0.5, 0.6) is 0 Å². The highest BCUT2D eigenvalue weighted by molar-refractivity contribution is 5.91. The van der Waals surface area contributed by atoms with E-state index in [-0.39, 0.29) is 12.8 Å². The molecule has 0 heterocycles. The van der Waals surface area contributed by atoms with Gasteiger partial charge in [-0.05, 0) is 12.8 Å². The molecule has 0 saturated heterocycles. The van der Waals surface area contributed by atoms with Gasteiger partial charge in [-0.2, -0.15) is 0 Å². The topological polar surface area (TPSA) is 124 Å². The molecule has 4 N–H and O–H groups in total. The standard InChI is InChI=1S/C12H22O7/c1-3-11(5-13,6-14)9(17)19-10(18)12(4-2,7-15)8-16/h13-16H,3-8H2,1-2H3. The van der Waals surface area contributed by atoms with Crippen LogP contribution in [0.4, 0.5) is 0 Å². The van der Waals surface area contributed by atoms with Gasteiger partial charge in [-0.15, -0.1) is 0 Å². The summed E-state index contributed by atoms with van der Waals surface area (Å²) in [6, 6.07) is 0. The second kappa shape index (κ2) is 7.54. The van der Waals surface area contributed by atoms with Gasteiger partial charge in [0.2, 0.25) is 0 Å². The van der Waals surface area contributed by atoms with Crippen LogP contribution in [0.1, 0.15) is 26.7 Å². The molecule has 0 atom stereocenters. The maximum atomic E-state index is 11.8. The number of hydrogen-bond donors (Lipinski definition) is 4. The number of carbonyl (C=O) groups excluding carboxylic acids is 2. The Hall–Kier alpha value is -1.02. The fraction of sp³-hybridized carbons (Fsp3) is 0.833. The van der Waals surface area contributed by atoms with E-state index in [2.05, 4.69) is 4.74 Å². The fourth-order valence-electron chi connectivity index (χ4n) is 1.39. The van der Waals surface area contributed by atoms with Gasteiger partial charge in [0, 0.05) is 0 Å². The van der Waals surface area contributed by atoms with Crippen molar-refractivity contribution in [2.75, 3.05) is 26.4 Å². The minimum absolute atomic E-state index is 0.0868. The predicted octanol–water partition coefficient (Wildman–Crippen LogP) is -1.18. The van der Waals surface area contributed by atoms with Crippen molar-refractivity contribution in [3.05, 3.63) is 0 Å². The molecule has 7 heteroatoms. The molecule has 0 aliphatic carbocycles. The summed E-state index contributed by atoms with van der Waals surface area (Å²) in [5, 5.41) is 36.7. The van der Waals surface area contributed by atoms with Gasteiger partial charge in [0.1, 0.15) is 10.8 Å². The lowest BCUT2D eigenvalue weighted by Gasteiger charge is -2.29. The lowest BCUT2D eigenvalue weighted by atomic mass is 9.85. The van der Waals surface area contributed by atoms with E-state index in [0.29, 0.717) is 0 Å². The highest BCUT2D eigenvalue weighted by Crippen LogP contribution is 2.27. The van der Waals surface area contributed by atoms with Gasteiger partial charge in [-0.25, -0.2) is 0 Å². The van der Waals surface area contributed by atoms with Crippen molar-refractivity contribution < 1.29 is 34.8 Å². The molecule has 0 bridgehead atoms. The summed E-state index contributed by atoms with van der Waals surface area (Å²) in [7, 11) is 0. The molecule has 112 valence electrons. The molecule has 0 aromatic rings. The monoisotopic (exact) mass is 278 g/mol. The van der Waals surface area contributed by atoms with Gasteiger partial charge >= 0.3 is 11.9 Å². The van der Waals surface area contributed by atoms with Crippen molar-refractivity contribution in [2.24, 2.45) is 10.8 Å². The van der Waals surface area contributed by atoms with Crippen LogP contribution in [-0.4, -0.2) is 58.8 Å². The maximum absolute atomic E-state index is 11.8. The Bertz CT molecular complexity index is 259. The van der Waals surface area contributed by atoms with Crippen LogP contribution in [0.15, 0.2) is 0 Å². The average Bonchev–Trinajstić information content (AvgIpc) is 2.44. The van der Waals surface area contributed by atoms with E-state index in [1.54, 1.807) is 13.8 Å². The Morgan fingerprint density at radius 3 is 1.21 bits per heavy atom. The summed E-state index contributed by atoms with van der Waals surface area (Å²) < 4.78 is 4.61. The van der Waals surface area contributed by atoms with Crippen molar-refractivity contribution in [3.8, 4) is 0 Å². The van der Waals surface area contributed by atoms with E-state index >= 15 is 0 Å². The molecule has 0 aromatic carbocycles. The first-order valence-corrected chi connectivity index (χ1v) is 6.12. The second-order valence-corrected chi connectivity index (χ2v) is 4.58. The van der Waals surface area contributed by atoms with E-state index in [9.17, 15) is 9.59 Å². The SMILES string of the molecule is CCC(CO)(CO)C(=O)OC(=O)C(CC)(CO)CO. The third-order valence-corrected chi connectivity index (χ3v) is 3.62. The molecule has 0 radical (unpaired) electrons. The second-order valence-electron chi connectivity index (χ2n) is 4.58. The van der Waals surface area contributed by atoms with Gasteiger partial charge in [-0.1, -0.05) is 13.8 Å². The minimum Gasteiger partial charge on any atom is -0.395 e. The summed E-state index contributed by atoms with van der Waals surface area (Å²) in [6.07, 6.45) is 0.174. The molecule has 0 rings (SSSR count). The van der Waals surface area contributed by atoms with Crippen molar-refractivity contribution >= 4 is 11.9 Å². The van der Waals surface area contributed by atoms with E-state index in [1.807, 2.05) is 0 Å². The molecule has 0 fully saturated rings. The zero-order valence-corrected chi connectivity index (χ0v) is 11.3. The zero-order valence-electron chi connectivity index (χ0n) is 11.3. The van der Waals surface area contributed by atoms with Gasteiger partial charge in [0.25, 0.3) is 0 Å². The summed E-state index contributed by atoms with van der Waals surface area (Å²) in [4.78, 5) is 23.7. The van der Waals surface area contributed by atoms with Crippen LogP contribution in [0.2, 0.25) is 0 Å². The van der Waals surface area contributed by atoms with Gasteiger partial charge in [0.15, 0.2) is 0 Å². The Morgan fingerprint density at radius 1 is 0.789 bits per heavy atom. The largest absolute Gasteiger partial charge is 0.395 e. The van der Waals surface area contributed by atoms with Gasteiger partial charge in [-0.3, -0.25) is 9.59 Å². The number of aliphatic hydroxyl groups is 4. The molecule has 0 saturated carbocycles. The first kappa shape index (κ1) is 18.0. The van der Waals surface area contributed by atoms with Crippen LogP contribution in [0, 0.1) is 10.8 Å². The molecule has 7 nitrogen and oxygen atoms in total. The number of hydrogen-bond acceptors (Lipinski definition) is 7. The van der Waals surface area contributed by atoms with Gasteiger partial charge < -0.3 is 25.2 Å². The summed E-state index contributed by atoms with van der Waals surface area (Å²) in [5.74, 6) is -2.13. The van der Waals surface area contributed by atoms with Crippen molar-refractivity contribution in [1.82, 2.24) is 0 Å². The molecule has 0 aliphatic heterocycles. The third kappa shape index (κ3) is 3.50. The predicted molar refractivity (Wildman–Crippen MR) is 64.9 cm³/mol. The highest BCUT2D eigenvalue weighted by Gasteiger charge is 2.44. The number of carbonyl (C=O) groups is 2. The van der Waals surface area contributed by atoms with Crippen molar-refractivity contribution in [3.63, 3.8) is 0 Å². The number of rotatable bonds is 8. The molecular weight excluding hydrogens is 256 g/mol. The highest BCUT2D eigenvalue weighted by atomic mass is 16.6. The summed E-state index contributed by atoms with van der Waals surface area (Å²) in [6.45, 7) is 0.465. The third-order valence-electron chi connectivity index (χ3n) is 3.62. The quantitative estimate of drug-likeness (QED) is 0.325. The van der Waals surface area contributed by atoms with Crippen LogP contribution in [0.25, 0.3) is 0 Å². The first-order valence-electron chi connectivity index (χ1n) is 6.12. The maximum Gasteiger partial charge on any atom is 0.324 e. The molecule has 0 aliphatic rings. The van der Waals surface area contributed by atoms with E-state index in [1.165, 1.54) is 0 Å². The fourth-order valence-corrected chi connectivity index (χ4v) is 1.39. The lowest BCUT2D eigenvalue weighted by Crippen LogP contribution is -2.46. The number of esters is 2. The Balaban J connectivity index is 5.04. The Morgan fingerprint density at radius 2 is 1.05 bits per heavy atom. The Kier molecular flexibility index (Phi) is 7.14. The average molecular weight is 278 g/mol. The number of ether oxygens (including phenoxy) is 1. The number of aliphatic hydroxyl groups excluding tert-OH is 4. The van der Waals surface area contributed by atoms with E-state index in [0.717, 1.165) is 0 Å². The van der Waals surface area contributed by atoms with Crippen molar-refractivity contribution in [1.29, 1.82) is 0 Å². The van der Waals surface area contributed by atoms with Crippen LogP contribution >= 0.6 is 0 Å². The minimum atomic E-state index is -1.56. The molecule has 0 aromatic heterocycles. The molecular formula is C12H22O7. The van der Waals surface area contributed by atoms with Crippen LogP contribution in [-0.2, 0) is 14.3 Å². The molecule has 0 spiro atoms. The van der Waals surface area contributed by atoms with E-state index in [4.69, 9.17) is 20.4 Å². The van der Waals surface area contributed by atoms with Crippen LogP contribution in [0.3, 0.4) is 0 Å². The van der Waals surface area contributed by atoms with Crippen LogP contribution < -0.4 is 0 Å². The molecule has 0 unspecified atom stereocenters. The normalized spacial score (nSPS) is 12.3. The molecule has 0 amide bonds. The Labute approximate surface area is 111 Å². The smallest absolute Gasteiger partial charge is 0.324 e. The zero-order chi connectivity index (χ0) is 15.1. The van der Waals surface area contributed by atoms with E-state index < -0.39 is 49.2 Å². The summed E-state index contributed by atoms with van der Waals surface area (Å²) >= 11 is 0. The van der Waals surface area contributed by atoms with Crippen molar-refractivity contribution in [2.45, 2.75) is 26.7 Å². The summed E-state index contributed by atoms with van der Waals surface area (Å²) in [5.41, 5.74) is -3.11. The molecule has 19 heavy (non-hydrogen) atoms. The van der Waals surface area contributed by atoms with Gasteiger partial charge in [0.05, 0.1) is 26.4 Å².